The molecule has 0 aromatic heterocycles. The third kappa shape index (κ3) is 6.86. The largest absolute Gasteiger partial charge is 0.616 e. The molecule has 0 aliphatic carbocycles. The van der Waals surface area contributed by atoms with Crippen molar-refractivity contribution in [2.24, 2.45) is 5.73 Å². The van der Waals surface area contributed by atoms with Gasteiger partial charge < -0.3 is 10.3 Å². The van der Waals surface area contributed by atoms with E-state index in [0.29, 0.717) is 25.0 Å². The fourth-order valence-corrected chi connectivity index (χ4v) is 3.88. The minimum atomic E-state index is -4.60. The standard InChI is InChI=1S/C15H18Cl2F3N2O2S/c1-8(21)12(25(2)24)4-3-5-13(23)22-14-10(16)6-9(7-11(14)17)15(18,19)20/h6-8,12H,3-5,21H2,1-2H3. The molecule has 0 saturated carbocycles. The molecule has 0 saturated heterocycles. The molecule has 0 aliphatic rings. The van der Waals surface area contributed by atoms with Gasteiger partial charge in [0.2, 0.25) is 5.91 Å². The Morgan fingerprint density at radius 2 is 1.88 bits per heavy atom. The lowest BCUT2D eigenvalue weighted by molar-refractivity contribution is -0.137. The van der Waals surface area contributed by atoms with E-state index in [2.05, 4.69) is 5.32 Å². The van der Waals surface area contributed by atoms with Crippen molar-refractivity contribution in [1.29, 1.82) is 0 Å². The second-order valence-electron chi connectivity index (χ2n) is 5.58. The van der Waals surface area contributed by atoms with Crippen molar-refractivity contribution in [3.8, 4) is 0 Å². The molecular weight excluding hydrogens is 400 g/mol. The van der Waals surface area contributed by atoms with Gasteiger partial charge in [0.25, 0.3) is 0 Å². The summed E-state index contributed by atoms with van der Waals surface area (Å²) in [5, 5.41) is 2.74. The van der Waals surface area contributed by atoms with Gasteiger partial charge in [-0.1, -0.05) is 34.4 Å². The monoisotopic (exact) mass is 417 g/mol. The Kier molecular flexibility index (Phi) is 8.34. The molecule has 0 bridgehead atoms. The third-order valence-corrected chi connectivity index (χ3v) is 5.57. The van der Waals surface area contributed by atoms with Gasteiger partial charge >= 0.3 is 6.18 Å². The summed E-state index contributed by atoms with van der Waals surface area (Å²) >= 11 is 10.4. The van der Waals surface area contributed by atoms with Crippen LogP contribution in [0.2, 0.25) is 10.0 Å². The Morgan fingerprint density at radius 3 is 2.28 bits per heavy atom. The zero-order chi connectivity index (χ0) is 19.4. The number of alkyl halides is 3. The summed E-state index contributed by atoms with van der Waals surface area (Å²) in [4.78, 5) is 11.9. The molecule has 3 atom stereocenters. The number of hydrogen-bond donors (Lipinski definition) is 1. The first kappa shape index (κ1) is 22.4. The van der Waals surface area contributed by atoms with Crippen LogP contribution in [0.25, 0.3) is 0 Å². The van der Waals surface area contributed by atoms with Gasteiger partial charge in [-0.25, -0.2) is 5.32 Å². The number of benzene rings is 1. The van der Waals surface area contributed by atoms with Crippen LogP contribution >= 0.6 is 23.2 Å². The van der Waals surface area contributed by atoms with Gasteiger partial charge in [0.05, 0.1) is 21.9 Å². The van der Waals surface area contributed by atoms with Crippen molar-refractivity contribution in [1.82, 2.24) is 5.32 Å². The van der Waals surface area contributed by atoms with Crippen molar-refractivity contribution in [2.45, 2.75) is 43.7 Å². The molecule has 0 spiro atoms. The average molecular weight is 418 g/mol. The first-order chi connectivity index (χ1) is 11.4. The van der Waals surface area contributed by atoms with E-state index < -0.39 is 28.8 Å². The van der Waals surface area contributed by atoms with Gasteiger partial charge in [0.15, 0.2) is 0 Å². The Hall–Kier alpha value is -0.670. The van der Waals surface area contributed by atoms with Gasteiger partial charge in [-0.2, -0.15) is 13.2 Å². The van der Waals surface area contributed by atoms with E-state index in [1.165, 1.54) is 0 Å². The second kappa shape index (κ2) is 9.32. The summed E-state index contributed by atoms with van der Waals surface area (Å²) in [5.74, 6) is -0.575. The molecule has 0 heterocycles. The van der Waals surface area contributed by atoms with Crippen LogP contribution in [0.3, 0.4) is 0 Å². The number of carbonyl (C=O) groups is 1. The predicted molar refractivity (Wildman–Crippen MR) is 93.6 cm³/mol. The van der Waals surface area contributed by atoms with E-state index in [9.17, 15) is 22.5 Å². The first-order valence-electron chi connectivity index (χ1n) is 7.32. The van der Waals surface area contributed by atoms with Crippen LogP contribution in [0.5, 0.6) is 0 Å². The highest BCUT2D eigenvalue weighted by Gasteiger charge is 2.32. The molecule has 25 heavy (non-hydrogen) atoms. The van der Waals surface area contributed by atoms with Crippen LogP contribution in [0, 0.1) is 0 Å². The number of nitrogens with zero attached hydrogens (tertiary/aromatic N) is 1. The molecule has 0 aliphatic heterocycles. The van der Waals surface area contributed by atoms with Gasteiger partial charge in [-0.3, -0.25) is 4.79 Å². The van der Waals surface area contributed by atoms with Crippen LogP contribution < -0.4 is 11.1 Å². The summed E-state index contributed by atoms with van der Waals surface area (Å²) in [5.41, 5.74) is 4.53. The number of halogens is 5. The normalized spacial score (nSPS) is 15.6. The Labute approximate surface area is 157 Å². The van der Waals surface area contributed by atoms with E-state index >= 15 is 0 Å². The molecule has 1 aromatic rings. The molecule has 1 rings (SSSR count). The highest BCUT2D eigenvalue weighted by molar-refractivity contribution is 7.91. The average Bonchev–Trinajstić information content (AvgIpc) is 2.45. The number of carbonyl (C=O) groups excluding carboxylic acids is 1. The highest BCUT2D eigenvalue weighted by atomic mass is 35.5. The van der Waals surface area contributed by atoms with E-state index in [1.807, 2.05) is 0 Å². The molecule has 141 valence electrons. The summed E-state index contributed by atoms with van der Waals surface area (Å²) in [6, 6.07) is 1.06. The summed E-state index contributed by atoms with van der Waals surface area (Å²) in [7, 11) is 0. The van der Waals surface area contributed by atoms with E-state index in [4.69, 9.17) is 28.9 Å². The van der Waals surface area contributed by atoms with Crippen LogP contribution in [-0.4, -0.2) is 28.0 Å². The van der Waals surface area contributed by atoms with Crippen molar-refractivity contribution in [3.05, 3.63) is 27.7 Å². The lowest BCUT2D eigenvalue weighted by Crippen LogP contribution is -2.37. The van der Waals surface area contributed by atoms with Crippen LogP contribution in [0.4, 0.5) is 18.9 Å². The summed E-state index contributed by atoms with van der Waals surface area (Å²) < 4.78 is 49.5. The van der Waals surface area contributed by atoms with E-state index in [-0.39, 0.29) is 33.4 Å². The van der Waals surface area contributed by atoms with Gasteiger partial charge in [-0.15, -0.1) is 0 Å². The number of amides is 1. The topological polar surface area (TPSA) is 80.2 Å². The third-order valence-electron chi connectivity index (χ3n) is 3.47. The van der Waals surface area contributed by atoms with Crippen molar-refractivity contribution in [2.75, 3.05) is 6.26 Å². The molecule has 3 unspecified atom stereocenters. The zero-order valence-electron chi connectivity index (χ0n) is 13.6. The lowest BCUT2D eigenvalue weighted by Gasteiger charge is -2.21. The van der Waals surface area contributed by atoms with Crippen LogP contribution in [-0.2, 0) is 22.1 Å². The fraction of sp³-hybridized carbons (Fsp3) is 0.533. The Balaban J connectivity index is 2.69. The fourth-order valence-electron chi connectivity index (χ4n) is 2.20. The van der Waals surface area contributed by atoms with Crippen LogP contribution in [0.15, 0.2) is 12.1 Å². The highest BCUT2D eigenvalue weighted by Crippen LogP contribution is 2.38. The Morgan fingerprint density at radius 1 is 1.36 bits per heavy atom. The Bertz CT molecular complexity index is 582. The van der Waals surface area contributed by atoms with Crippen molar-refractivity contribution >= 4 is 46.0 Å². The quantitative estimate of drug-likeness (QED) is 0.679. The minimum absolute atomic E-state index is 0.0219. The molecule has 2 N–H and O–H groups in total. The minimum Gasteiger partial charge on any atom is -0.616 e. The first-order valence-corrected chi connectivity index (χ1v) is 9.69. The number of hydrogen-bond acceptors (Lipinski definition) is 3. The molecule has 1 aromatic carbocycles. The molecule has 1 amide bonds. The van der Waals surface area contributed by atoms with Gasteiger partial charge in [-0.05, 0) is 31.9 Å². The predicted octanol–water partition coefficient (Wildman–Crippen LogP) is 4.04. The maximum absolute atomic E-state index is 12.7. The van der Waals surface area contributed by atoms with Crippen molar-refractivity contribution in [3.63, 3.8) is 0 Å². The lowest BCUT2D eigenvalue weighted by atomic mass is 10.1. The zero-order valence-corrected chi connectivity index (χ0v) is 15.9. The van der Waals surface area contributed by atoms with E-state index in [1.54, 1.807) is 13.2 Å². The second-order valence-corrected chi connectivity index (χ2v) is 8.00. The van der Waals surface area contributed by atoms with Gasteiger partial charge in [0.1, 0.15) is 10.9 Å². The maximum atomic E-state index is 12.7. The molecule has 10 heteroatoms. The number of nitrogens with two attached hydrogens (primary N) is 1. The molecular formula is C15H18Cl2F3N2O2S. The molecule has 4 nitrogen and oxygen atoms in total. The maximum Gasteiger partial charge on any atom is 0.416 e. The van der Waals surface area contributed by atoms with Crippen LogP contribution in [0.1, 0.15) is 31.7 Å². The molecule has 1 radical (unpaired) electrons. The molecule has 0 fully saturated rings. The summed E-state index contributed by atoms with van der Waals surface area (Å²) in [6.07, 6.45) is -2.17. The van der Waals surface area contributed by atoms with E-state index in [0.717, 1.165) is 0 Å². The summed E-state index contributed by atoms with van der Waals surface area (Å²) in [6.45, 7) is 1.74. The SMILES string of the molecule is CC(N)C(CCCC(=O)[N]c1c(Cl)cc(C(F)(F)F)cc1Cl)[S+](C)[O-]. The van der Waals surface area contributed by atoms with Crippen molar-refractivity contribution < 1.29 is 22.5 Å². The van der Waals surface area contributed by atoms with Gasteiger partial charge in [0, 0.05) is 12.5 Å². The smallest absolute Gasteiger partial charge is 0.416 e. The number of rotatable bonds is 7.